The summed E-state index contributed by atoms with van der Waals surface area (Å²) in [4.78, 5) is 36.7. The minimum atomic E-state index is -0.879. The van der Waals surface area contributed by atoms with Crippen LogP contribution in [0.3, 0.4) is 0 Å². The molecule has 1 aliphatic heterocycles. The number of fused-ring (bicyclic) bond motifs is 1. The molecule has 1 saturated heterocycles. The van der Waals surface area contributed by atoms with E-state index in [9.17, 15) is 14.0 Å². The van der Waals surface area contributed by atoms with Gasteiger partial charge < -0.3 is 35.1 Å². The highest BCUT2D eigenvalue weighted by atomic mass is 19.1. The van der Waals surface area contributed by atoms with Gasteiger partial charge in [-0.25, -0.2) is 9.18 Å². The Kier molecular flexibility index (Phi) is 9.16. The van der Waals surface area contributed by atoms with E-state index in [1.807, 2.05) is 80.6 Å². The Balaban J connectivity index is 1.37. The number of piperazine rings is 1. The molecule has 226 valence electrons. The van der Waals surface area contributed by atoms with Gasteiger partial charge >= 0.3 is 6.03 Å². The standard InChI is InChI=1S/C33H39FN6O3/c1-22(27-20-35-28-11-6-5-10-26(27)28)31(32(41)36-29-18-23(21-38(2)3)12-13-30(29)43-4)37-33(42)40-16-14-39(15-17-40)25-9-7-8-24(34)19-25/h5-13,18-20,22,31,35H,14-17,21H2,1-4H3,(H,36,41)(H,37,42)/t22-,31+/m0/s1. The van der Waals surface area contributed by atoms with Crippen LogP contribution >= 0.6 is 0 Å². The highest BCUT2D eigenvalue weighted by Crippen LogP contribution is 2.31. The van der Waals surface area contributed by atoms with Crippen LogP contribution in [0.2, 0.25) is 0 Å². The zero-order valence-corrected chi connectivity index (χ0v) is 25.1. The Morgan fingerprint density at radius 3 is 2.51 bits per heavy atom. The van der Waals surface area contributed by atoms with Crippen molar-refractivity contribution in [1.29, 1.82) is 0 Å². The van der Waals surface area contributed by atoms with Crippen LogP contribution < -0.4 is 20.3 Å². The van der Waals surface area contributed by atoms with Crippen molar-refractivity contribution in [2.24, 2.45) is 0 Å². The van der Waals surface area contributed by atoms with Gasteiger partial charge in [-0.15, -0.1) is 0 Å². The summed E-state index contributed by atoms with van der Waals surface area (Å²) in [6, 6.07) is 18.9. The van der Waals surface area contributed by atoms with E-state index in [0.717, 1.165) is 27.7 Å². The van der Waals surface area contributed by atoms with E-state index in [1.165, 1.54) is 12.1 Å². The second-order valence-corrected chi connectivity index (χ2v) is 11.2. The van der Waals surface area contributed by atoms with E-state index in [0.29, 0.717) is 44.2 Å². The number of hydrogen-bond donors (Lipinski definition) is 3. The summed E-state index contributed by atoms with van der Waals surface area (Å²) in [5.41, 5.74) is 4.24. The SMILES string of the molecule is COc1ccc(CN(C)C)cc1NC(=O)[C@H](NC(=O)N1CCN(c2cccc(F)c2)CC1)[C@@H](C)c1c[nH]c2ccccc12. The lowest BCUT2D eigenvalue weighted by molar-refractivity contribution is -0.118. The average molecular weight is 587 g/mol. The molecule has 9 nitrogen and oxygen atoms in total. The first kappa shape index (κ1) is 29.9. The molecule has 0 aliphatic carbocycles. The van der Waals surface area contributed by atoms with Crippen molar-refractivity contribution in [3.63, 3.8) is 0 Å². The van der Waals surface area contributed by atoms with E-state index < -0.39 is 6.04 Å². The van der Waals surface area contributed by atoms with Gasteiger partial charge in [-0.1, -0.05) is 37.3 Å². The second-order valence-electron chi connectivity index (χ2n) is 11.2. The summed E-state index contributed by atoms with van der Waals surface area (Å²) in [5.74, 6) is -0.453. The molecule has 1 fully saturated rings. The summed E-state index contributed by atoms with van der Waals surface area (Å²) in [6.45, 7) is 4.64. The van der Waals surface area contributed by atoms with Crippen LogP contribution in [0.4, 0.5) is 20.6 Å². The number of aromatic amines is 1. The first-order valence-corrected chi connectivity index (χ1v) is 14.5. The van der Waals surface area contributed by atoms with Crippen molar-refractivity contribution in [1.82, 2.24) is 20.1 Å². The number of aromatic nitrogens is 1. The largest absolute Gasteiger partial charge is 0.495 e. The predicted octanol–water partition coefficient (Wildman–Crippen LogP) is 5.02. The van der Waals surface area contributed by atoms with Crippen LogP contribution in [0.1, 0.15) is 24.0 Å². The number of amides is 3. The molecule has 1 aliphatic rings. The molecule has 3 aromatic carbocycles. The summed E-state index contributed by atoms with van der Waals surface area (Å²) in [6.07, 6.45) is 1.90. The average Bonchev–Trinajstić information content (AvgIpc) is 3.44. The number of nitrogens with one attached hydrogen (secondary N) is 3. The van der Waals surface area contributed by atoms with Crippen molar-refractivity contribution >= 4 is 34.2 Å². The first-order valence-electron chi connectivity index (χ1n) is 14.5. The number of para-hydroxylation sites is 1. The van der Waals surface area contributed by atoms with Gasteiger partial charge in [0.15, 0.2) is 0 Å². The predicted molar refractivity (Wildman–Crippen MR) is 168 cm³/mol. The molecule has 3 N–H and O–H groups in total. The van der Waals surface area contributed by atoms with Gasteiger partial charge in [0.25, 0.3) is 0 Å². The molecular weight excluding hydrogens is 547 g/mol. The number of methoxy groups -OCH3 is 1. The number of ether oxygens (including phenoxy) is 1. The number of carbonyl (C=O) groups is 2. The molecule has 4 aromatic rings. The minimum absolute atomic E-state index is 0.290. The van der Waals surface area contributed by atoms with Crippen molar-refractivity contribution < 1.29 is 18.7 Å². The second kappa shape index (κ2) is 13.2. The van der Waals surface area contributed by atoms with E-state index in [1.54, 1.807) is 18.1 Å². The first-order chi connectivity index (χ1) is 20.7. The molecule has 43 heavy (non-hydrogen) atoms. The number of nitrogens with zero attached hydrogens (tertiary/aromatic N) is 3. The van der Waals surface area contributed by atoms with E-state index in [2.05, 4.69) is 20.5 Å². The van der Waals surface area contributed by atoms with E-state index in [4.69, 9.17) is 4.74 Å². The molecule has 2 heterocycles. The van der Waals surface area contributed by atoms with Crippen molar-refractivity contribution in [3.05, 3.63) is 89.9 Å². The van der Waals surface area contributed by atoms with Gasteiger partial charge in [-0.2, -0.15) is 0 Å². The molecule has 0 saturated carbocycles. The highest BCUT2D eigenvalue weighted by molar-refractivity contribution is 5.99. The number of anilines is 2. The Morgan fingerprint density at radius 1 is 1.02 bits per heavy atom. The van der Waals surface area contributed by atoms with Crippen molar-refractivity contribution in [2.45, 2.75) is 25.4 Å². The Labute approximate surface area is 251 Å². The molecule has 0 radical (unpaired) electrons. The molecule has 0 spiro atoms. The summed E-state index contributed by atoms with van der Waals surface area (Å²) in [7, 11) is 5.53. The molecule has 10 heteroatoms. The van der Waals surface area contributed by atoms with Crippen LogP contribution in [-0.4, -0.2) is 80.1 Å². The maximum atomic E-state index is 14.0. The van der Waals surface area contributed by atoms with Gasteiger partial charge in [-0.3, -0.25) is 4.79 Å². The maximum absolute atomic E-state index is 14.0. The third-order valence-corrected chi connectivity index (χ3v) is 7.93. The lowest BCUT2D eigenvalue weighted by atomic mass is 9.92. The van der Waals surface area contributed by atoms with Crippen LogP contribution in [-0.2, 0) is 11.3 Å². The maximum Gasteiger partial charge on any atom is 0.318 e. The lowest BCUT2D eigenvalue weighted by Crippen LogP contribution is -2.56. The number of carbonyl (C=O) groups excluding carboxylic acids is 2. The van der Waals surface area contributed by atoms with E-state index in [-0.39, 0.29) is 23.7 Å². The van der Waals surface area contributed by atoms with Gasteiger partial charge in [-0.05, 0) is 61.6 Å². The number of urea groups is 1. The van der Waals surface area contributed by atoms with Gasteiger partial charge in [0.1, 0.15) is 17.6 Å². The Morgan fingerprint density at radius 2 is 1.79 bits per heavy atom. The monoisotopic (exact) mass is 586 g/mol. The van der Waals surface area contributed by atoms with Crippen LogP contribution in [0.25, 0.3) is 10.9 Å². The van der Waals surface area contributed by atoms with Gasteiger partial charge in [0.05, 0.1) is 12.8 Å². The highest BCUT2D eigenvalue weighted by Gasteiger charge is 2.32. The Hall–Kier alpha value is -4.57. The third-order valence-electron chi connectivity index (χ3n) is 7.93. The van der Waals surface area contributed by atoms with Crippen LogP contribution in [0.15, 0.2) is 72.9 Å². The summed E-state index contributed by atoms with van der Waals surface area (Å²) in [5, 5.41) is 7.08. The van der Waals surface area contributed by atoms with Gasteiger partial charge in [0.2, 0.25) is 5.91 Å². The number of benzene rings is 3. The van der Waals surface area contributed by atoms with Crippen molar-refractivity contribution in [3.8, 4) is 5.75 Å². The van der Waals surface area contributed by atoms with Crippen LogP contribution in [0, 0.1) is 5.82 Å². The molecule has 0 unspecified atom stereocenters. The zero-order valence-electron chi connectivity index (χ0n) is 25.1. The fourth-order valence-electron chi connectivity index (χ4n) is 5.66. The molecular formula is C33H39FN6O3. The summed E-state index contributed by atoms with van der Waals surface area (Å²) >= 11 is 0. The zero-order chi connectivity index (χ0) is 30.5. The number of hydrogen-bond acceptors (Lipinski definition) is 5. The lowest BCUT2D eigenvalue weighted by Gasteiger charge is -2.37. The molecule has 3 amide bonds. The molecule has 2 atom stereocenters. The molecule has 0 bridgehead atoms. The fourth-order valence-corrected chi connectivity index (χ4v) is 5.66. The normalized spacial score (nSPS) is 14.9. The molecule has 5 rings (SSSR count). The smallest absolute Gasteiger partial charge is 0.318 e. The summed E-state index contributed by atoms with van der Waals surface area (Å²) < 4.78 is 19.3. The minimum Gasteiger partial charge on any atom is -0.495 e. The molecule has 1 aromatic heterocycles. The number of H-pyrrole nitrogens is 1. The quantitative estimate of drug-likeness (QED) is 0.256. The van der Waals surface area contributed by atoms with Gasteiger partial charge in [0, 0.05) is 61.4 Å². The Bertz CT molecular complexity index is 1580. The fraction of sp³-hybridized carbons (Fsp3) is 0.333. The third kappa shape index (κ3) is 6.91. The number of halogens is 1. The van der Waals surface area contributed by atoms with Crippen molar-refractivity contribution in [2.75, 3.05) is 57.6 Å². The van der Waals surface area contributed by atoms with Crippen LogP contribution in [0.5, 0.6) is 5.75 Å². The van der Waals surface area contributed by atoms with E-state index >= 15 is 0 Å². The number of rotatable bonds is 9. The topological polar surface area (TPSA) is 92.9 Å².